The highest BCUT2D eigenvalue weighted by Gasteiger charge is 2.18. The van der Waals surface area contributed by atoms with Crippen LogP contribution in [-0.4, -0.2) is 31.7 Å². The average Bonchev–Trinajstić information content (AvgIpc) is 3.02. The van der Waals surface area contributed by atoms with Crippen LogP contribution in [0.4, 0.5) is 0 Å². The van der Waals surface area contributed by atoms with Crippen LogP contribution in [0.5, 0.6) is 11.5 Å². The summed E-state index contributed by atoms with van der Waals surface area (Å²) in [6, 6.07) is 14.6. The minimum absolute atomic E-state index is 0.699. The lowest BCUT2D eigenvalue weighted by Crippen LogP contribution is -2.22. The van der Waals surface area contributed by atoms with Gasteiger partial charge in [-0.25, -0.2) is 0 Å². The van der Waals surface area contributed by atoms with Gasteiger partial charge < -0.3 is 14.8 Å². The van der Waals surface area contributed by atoms with E-state index in [4.69, 9.17) is 9.47 Å². The maximum Gasteiger partial charge on any atom is 0.119 e. The zero-order chi connectivity index (χ0) is 16.8. The largest absolute Gasteiger partial charge is 0.497 e. The van der Waals surface area contributed by atoms with Crippen molar-refractivity contribution in [2.45, 2.75) is 26.6 Å². The van der Waals surface area contributed by atoms with Crippen molar-refractivity contribution in [2.24, 2.45) is 0 Å². The summed E-state index contributed by atoms with van der Waals surface area (Å²) in [5.41, 5.74) is 4.27. The molecule has 0 aromatic heterocycles. The fraction of sp³-hybridized carbons (Fsp3) is 0.400. The van der Waals surface area contributed by atoms with Gasteiger partial charge >= 0.3 is 0 Å². The fourth-order valence-corrected chi connectivity index (χ4v) is 3.02. The molecule has 0 bridgehead atoms. The molecule has 0 unspecified atom stereocenters. The van der Waals surface area contributed by atoms with Gasteiger partial charge in [0.1, 0.15) is 18.1 Å². The molecular weight excluding hydrogens is 300 g/mol. The highest BCUT2D eigenvalue weighted by molar-refractivity contribution is 5.35. The van der Waals surface area contributed by atoms with E-state index >= 15 is 0 Å². The lowest BCUT2D eigenvalue weighted by Gasteiger charge is -2.15. The second kappa shape index (κ2) is 8.18. The molecule has 0 saturated heterocycles. The number of methoxy groups -OCH3 is 1. The first-order valence-corrected chi connectivity index (χ1v) is 8.59. The van der Waals surface area contributed by atoms with Crippen molar-refractivity contribution in [1.29, 1.82) is 0 Å². The highest BCUT2D eigenvalue weighted by Crippen LogP contribution is 2.24. The minimum atomic E-state index is 0.699. The van der Waals surface area contributed by atoms with Crippen LogP contribution in [0.25, 0.3) is 0 Å². The monoisotopic (exact) mass is 326 g/mol. The molecule has 0 amide bonds. The smallest absolute Gasteiger partial charge is 0.119 e. The molecule has 1 aliphatic heterocycles. The molecular formula is C20H26N2O2. The molecule has 0 spiro atoms. The van der Waals surface area contributed by atoms with Crippen molar-refractivity contribution in [1.82, 2.24) is 10.2 Å². The van der Waals surface area contributed by atoms with Crippen molar-refractivity contribution in [3.63, 3.8) is 0 Å². The molecule has 1 N–H and O–H groups in total. The first-order chi connectivity index (χ1) is 11.8. The number of hydrogen-bond donors (Lipinski definition) is 1. The predicted octanol–water partition coefficient (Wildman–Crippen LogP) is 3.20. The maximum atomic E-state index is 5.84. The Kier molecular flexibility index (Phi) is 5.72. The Balaban J connectivity index is 1.47. The van der Waals surface area contributed by atoms with Crippen molar-refractivity contribution in [3.05, 3.63) is 59.2 Å². The van der Waals surface area contributed by atoms with Crippen molar-refractivity contribution < 1.29 is 9.47 Å². The summed E-state index contributed by atoms with van der Waals surface area (Å²) in [7, 11) is 1.67. The van der Waals surface area contributed by atoms with Crippen LogP contribution in [0.15, 0.2) is 42.5 Å². The molecule has 128 valence electrons. The number of benzene rings is 2. The van der Waals surface area contributed by atoms with Gasteiger partial charge in [0, 0.05) is 26.2 Å². The summed E-state index contributed by atoms with van der Waals surface area (Å²) in [6.07, 6.45) is 0. The fourth-order valence-electron chi connectivity index (χ4n) is 3.02. The van der Waals surface area contributed by atoms with E-state index in [-0.39, 0.29) is 0 Å². The second-order valence-corrected chi connectivity index (χ2v) is 6.12. The molecule has 1 aliphatic rings. The SMILES string of the molecule is CCNCc1ccc2c(c1)CN(CCOc1ccc(OC)cc1)C2. The Morgan fingerprint density at radius 1 is 1.00 bits per heavy atom. The lowest BCUT2D eigenvalue weighted by molar-refractivity contribution is 0.211. The molecule has 0 aliphatic carbocycles. The van der Waals surface area contributed by atoms with Crippen LogP contribution in [0.2, 0.25) is 0 Å². The molecule has 0 atom stereocenters. The number of hydrogen-bond acceptors (Lipinski definition) is 4. The van der Waals surface area contributed by atoms with Gasteiger partial charge in [0.05, 0.1) is 7.11 Å². The zero-order valence-corrected chi connectivity index (χ0v) is 14.5. The van der Waals surface area contributed by atoms with Gasteiger partial charge in [-0.05, 0) is 47.5 Å². The van der Waals surface area contributed by atoms with Crippen LogP contribution in [0, 0.1) is 0 Å². The summed E-state index contributed by atoms with van der Waals surface area (Å²) >= 11 is 0. The van der Waals surface area contributed by atoms with Crippen molar-refractivity contribution in [2.75, 3.05) is 26.8 Å². The molecule has 4 nitrogen and oxygen atoms in total. The van der Waals surface area contributed by atoms with E-state index in [1.54, 1.807) is 7.11 Å². The zero-order valence-electron chi connectivity index (χ0n) is 14.5. The van der Waals surface area contributed by atoms with E-state index in [0.717, 1.165) is 44.2 Å². The standard InChI is InChI=1S/C20H26N2O2/c1-3-21-13-16-4-5-17-14-22(15-18(17)12-16)10-11-24-20-8-6-19(23-2)7-9-20/h4-9,12,21H,3,10-11,13-15H2,1-2H3. The van der Waals surface area contributed by atoms with Gasteiger partial charge in [0.25, 0.3) is 0 Å². The van der Waals surface area contributed by atoms with Gasteiger partial charge in [-0.15, -0.1) is 0 Å². The van der Waals surface area contributed by atoms with E-state index in [1.165, 1.54) is 16.7 Å². The Hall–Kier alpha value is -2.04. The minimum Gasteiger partial charge on any atom is -0.497 e. The van der Waals surface area contributed by atoms with E-state index < -0.39 is 0 Å². The number of ether oxygens (including phenoxy) is 2. The Bertz CT molecular complexity index is 655. The maximum absolute atomic E-state index is 5.84. The second-order valence-electron chi connectivity index (χ2n) is 6.12. The highest BCUT2D eigenvalue weighted by atomic mass is 16.5. The van der Waals surface area contributed by atoms with Gasteiger partial charge in [0.2, 0.25) is 0 Å². The molecule has 2 aromatic carbocycles. The van der Waals surface area contributed by atoms with Gasteiger partial charge in [-0.2, -0.15) is 0 Å². The van der Waals surface area contributed by atoms with Crippen LogP contribution in [0.1, 0.15) is 23.6 Å². The Labute approximate surface area is 144 Å². The summed E-state index contributed by atoms with van der Waals surface area (Å²) in [5.74, 6) is 1.74. The predicted molar refractivity (Wildman–Crippen MR) is 96.4 cm³/mol. The molecule has 1 heterocycles. The van der Waals surface area contributed by atoms with Crippen LogP contribution < -0.4 is 14.8 Å². The average molecular weight is 326 g/mol. The molecule has 0 radical (unpaired) electrons. The molecule has 0 saturated carbocycles. The first kappa shape index (κ1) is 16.8. The molecule has 3 rings (SSSR count). The molecule has 4 heteroatoms. The third-order valence-corrected chi connectivity index (χ3v) is 4.37. The van der Waals surface area contributed by atoms with Crippen molar-refractivity contribution in [3.8, 4) is 11.5 Å². The summed E-state index contributed by atoms with van der Waals surface area (Å²) in [5, 5.41) is 3.38. The van der Waals surface area contributed by atoms with Crippen molar-refractivity contribution >= 4 is 0 Å². The topological polar surface area (TPSA) is 33.7 Å². The molecule has 2 aromatic rings. The molecule has 0 fully saturated rings. The van der Waals surface area contributed by atoms with Gasteiger partial charge in [-0.1, -0.05) is 25.1 Å². The third-order valence-electron chi connectivity index (χ3n) is 4.37. The number of nitrogens with one attached hydrogen (secondary N) is 1. The summed E-state index contributed by atoms with van der Waals surface area (Å²) in [4.78, 5) is 2.44. The van der Waals surface area contributed by atoms with Crippen LogP contribution in [0.3, 0.4) is 0 Å². The number of fused-ring (bicyclic) bond motifs is 1. The lowest BCUT2D eigenvalue weighted by atomic mass is 10.1. The van der Waals surface area contributed by atoms with E-state index in [1.807, 2.05) is 24.3 Å². The molecule has 24 heavy (non-hydrogen) atoms. The Morgan fingerprint density at radius 2 is 1.75 bits per heavy atom. The third kappa shape index (κ3) is 4.28. The van der Waals surface area contributed by atoms with E-state index in [9.17, 15) is 0 Å². The normalized spacial score (nSPS) is 13.8. The number of rotatable bonds is 8. The first-order valence-electron chi connectivity index (χ1n) is 8.59. The van der Waals surface area contributed by atoms with E-state index in [0.29, 0.717) is 6.61 Å². The summed E-state index contributed by atoms with van der Waals surface area (Å²) in [6.45, 7) is 7.76. The Morgan fingerprint density at radius 3 is 2.50 bits per heavy atom. The van der Waals surface area contributed by atoms with Gasteiger partial charge in [-0.3, -0.25) is 4.90 Å². The quantitative estimate of drug-likeness (QED) is 0.808. The van der Waals surface area contributed by atoms with Crippen LogP contribution in [-0.2, 0) is 19.6 Å². The van der Waals surface area contributed by atoms with Crippen LogP contribution >= 0.6 is 0 Å². The number of nitrogens with zero attached hydrogens (tertiary/aromatic N) is 1. The van der Waals surface area contributed by atoms with E-state index in [2.05, 4.69) is 35.3 Å². The summed E-state index contributed by atoms with van der Waals surface area (Å²) < 4.78 is 11.0. The van der Waals surface area contributed by atoms with Gasteiger partial charge in [0.15, 0.2) is 0 Å².